The molecule has 8 nitrogen and oxygen atoms in total. The van der Waals surface area contributed by atoms with Gasteiger partial charge in [-0.3, -0.25) is 19.7 Å². The summed E-state index contributed by atoms with van der Waals surface area (Å²) in [6, 6.07) is 8.68. The van der Waals surface area contributed by atoms with E-state index in [0.717, 1.165) is 0 Å². The maximum Gasteiger partial charge on any atom is 0.291 e. The van der Waals surface area contributed by atoms with Gasteiger partial charge in [0.15, 0.2) is 5.76 Å². The fourth-order valence-electron chi connectivity index (χ4n) is 1.78. The van der Waals surface area contributed by atoms with Crippen molar-refractivity contribution in [2.24, 2.45) is 0 Å². The van der Waals surface area contributed by atoms with Gasteiger partial charge in [0.2, 0.25) is 0 Å². The highest BCUT2D eigenvalue weighted by molar-refractivity contribution is 6.04. The van der Waals surface area contributed by atoms with E-state index in [0.29, 0.717) is 5.56 Å². The summed E-state index contributed by atoms with van der Waals surface area (Å²) in [6.45, 7) is 0. The third kappa shape index (κ3) is 4.03. The van der Waals surface area contributed by atoms with Gasteiger partial charge in [0.25, 0.3) is 17.5 Å². The molecule has 0 radical (unpaired) electrons. The van der Waals surface area contributed by atoms with Gasteiger partial charge in [-0.25, -0.2) is 0 Å². The molecule has 2 aromatic rings. The van der Waals surface area contributed by atoms with Crippen LogP contribution in [0.2, 0.25) is 0 Å². The predicted octanol–water partition coefficient (Wildman–Crippen LogP) is 1.70. The Hall–Kier alpha value is -3.42. The molecule has 23 heavy (non-hydrogen) atoms. The van der Waals surface area contributed by atoms with E-state index < -0.39 is 16.7 Å². The Balaban J connectivity index is 2.31. The van der Waals surface area contributed by atoms with Gasteiger partial charge in [-0.1, -0.05) is 12.1 Å². The Morgan fingerprint density at radius 1 is 1.26 bits per heavy atom. The summed E-state index contributed by atoms with van der Waals surface area (Å²) < 4.78 is 4.95. The van der Waals surface area contributed by atoms with E-state index in [-0.39, 0.29) is 17.1 Å². The van der Waals surface area contributed by atoms with Crippen molar-refractivity contribution in [3.05, 3.63) is 69.8 Å². The Bertz CT molecular complexity index is 765. The molecule has 1 heterocycles. The quantitative estimate of drug-likeness (QED) is 0.495. The Morgan fingerprint density at radius 3 is 2.65 bits per heavy atom. The zero-order valence-electron chi connectivity index (χ0n) is 12.1. The minimum Gasteiger partial charge on any atom is -0.459 e. The van der Waals surface area contributed by atoms with Crippen LogP contribution in [0.25, 0.3) is 6.08 Å². The van der Waals surface area contributed by atoms with Gasteiger partial charge in [0.05, 0.1) is 11.2 Å². The Labute approximate surface area is 130 Å². The fraction of sp³-hybridized carbons (Fsp3) is 0.0667. The van der Waals surface area contributed by atoms with E-state index in [1.165, 1.54) is 43.7 Å². The molecule has 0 aliphatic carbocycles. The highest BCUT2D eigenvalue weighted by atomic mass is 16.6. The standard InChI is InChI=1S/C15H13N3O5/c1-16-14(19)12(17-15(20)13-6-3-7-23-13)9-10-4-2-5-11(8-10)18(21)22/h2-9H,1H3,(H,16,19)(H,17,20)/b12-9+. The SMILES string of the molecule is CNC(=O)/C(=C\c1cccc([N+](=O)[O-])c1)NC(=O)c1ccco1. The molecule has 0 saturated heterocycles. The average molecular weight is 315 g/mol. The van der Waals surface area contributed by atoms with Crippen LogP contribution in [-0.2, 0) is 4.79 Å². The molecule has 0 aliphatic heterocycles. The topological polar surface area (TPSA) is 114 Å². The average Bonchev–Trinajstić information content (AvgIpc) is 3.08. The number of nitro groups is 1. The van der Waals surface area contributed by atoms with Gasteiger partial charge in [-0.2, -0.15) is 0 Å². The molecule has 1 aromatic heterocycles. The monoisotopic (exact) mass is 315 g/mol. The number of hydrogen-bond donors (Lipinski definition) is 2. The van der Waals surface area contributed by atoms with Crippen LogP contribution in [0.15, 0.2) is 52.8 Å². The lowest BCUT2D eigenvalue weighted by Crippen LogP contribution is -2.32. The molecular formula is C15H13N3O5. The molecule has 0 atom stereocenters. The lowest BCUT2D eigenvalue weighted by Gasteiger charge is -2.07. The molecule has 2 amide bonds. The molecule has 2 N–H and O–H groups in total. The van der Waals surface area contributed by atoms with Crippen molar-refractivity contribution < 1.29 is 18.9 Å². The smallest absolute Gasteiger partial charge is 0.291 e. The van der Waals surface area contributed by atoms with Crippen molar-refractivity contribution in [1.82, 2.24) is 10.6 Å². The van der Waals surface area contributed by atoms with E-state index in [1.54, 1.807) is 12.1 Å². The van der Waals surface area contributed by atoms with Crippen LogP contribution in [0.1, 0.15) is 16.1 Å². The van der Waals surface area contributed by atoms with Crippen molar-refractivity contribution in [1.29, 1.82) is 0 Å². The van der Waals surface area contributed by atoms with Crippen LogP contribution in [-0.4, -0.2) is 23.8 Å². The van der Waals surface area contributed by atoms with Gasteiger partial charge < -0.3 is 15.1 Å². The normalized spacial score (nSPS) is 10.9. The summed E-state index contributed by atoms with van der Waals surface area (Å²) in [6.07, 6.45) is 2.67. The number of non-ortho nitro benzene ring substituents is 1. The number of likely N-dealkylation sites (N-methyl/N-ethyl adjacent to an activating group) is 1. The second kappa shape index (κ2) is 7.03. The van der Waals surface area contributed by atoms with Crippen molar-refractivity contribution in [2.45, 2.75) is 0 Å². The summed E-state index contributed by atoms with van der Waals surface area (Å²) in [5, 5.41) is 15.6. The van der Waals surface area contributed by atoms with Crippen LogP contribution in [0.3, 0.4) is 0 Å². The maximum absolute atomic E-state index is 12.0. The van der Waals surface area contributed by atoms with Crippen LogP contribution >= 0.6 is 0 Å². The maximum atomic E-state index is 12.0. The van der Waals surface area contributed by atoms with Gasteiger partial charge in [-0.15, -0.1) is 0 Å². The van der Waals surface area contributed by atoms with E-state index in [2.05, 4.69) is 10.6 Å². The van der Waals surface area contributed by atoms with Crippen LogP contribution < -0.4 is 10.6 Å². The van der Waals surface area contributed by atoms with Gasteiger partial charge in [0.1, 0.15) is 5.70 Å². The van der Waals surface area contributed by atoms with Gasteiger partial charge in [0, 0.05) is 19.2 Å². The van der Waals surface area contributed by atoms with E-state index in [4.69, 9.17) is 4.42 Å². The summed E-state index contributed by atoms with van der Waals surface area (Å²) in [5.74, 6) is -1.11. The number of rotatable bonds is 5. The molecule has 0 saturated carbocycles. The third-order valence-electron chi connectivity index (χ3n) is 2.86. The number of carbonyl (C=O) groups is 2. The second-order valence-electron chi connectivity index (χ2n) is 4.42. The first-order valence-electron chi connectivity index (χ1n) is 6.54. The number of amides is 2. The first-order chi connectivity index (χ1) is 11.0. The number of nitro benzene ring substituents is 1. The van der Waals surface area contributed by atoms with Gasteiger partial charge >= 0.3 is 0 Å². The molecule has 1 aromatic carbocycles. The van der Waals surface area contributed by atoms with E-state index in [1.807, 2.05) is 0 Å². The number of furan rings is 1. The van der Waals surface area contributed by atoms with E-state index >= 15 is 0 Å². The largest absolute Gasteiger partial charge is 0.459 e. The predicted molar refractivity (Wildman–Crippen MR) is 81.3 cm³/mol. The first kappa shape index (κ1) is 16.0. The molecule has 0 bridgehead atoms. The lowest BCUT2D eigenvalue weighted by molar-refractivity contribution is -0.384. The molecule has 2 rings (SSSR count). The molecule has 0 unspecified atom stereocenters. The van der Waals surface area contributed by atoms with E-state index in [9.17, 15) is 19.7 Å². The number of hydrogen-bond acceptors (Lipinski definition) is 5. The summed E-state index contributed by atoms with van der Waals surface area (Å²) in [4.78, 5) is 34.1. The van der Waals surface area contributed by atoms with Crippen molar-refractivity contribution in [3.63, 3.8) is 0 Å². The summed E-state index contributed by atoms with van der Waals surface area (Å²) >= 11 is 0. The molecule has 0 fully saturated rings. The van der Waals surface area contributed by atoms with Crippen molar-refractivity contribution >= 4 is 23.6 Å². The molecular weight excluding hydrogens is 302 g/mol. The summed E-state index contributed by atoms with van der Waals surface area (Å²) in [5.41, 5.74) is 0.222. The first-order valence-corrected chi connectivity index (χ1v) is 6.54. The van der Waals surface area contributed by atoms with Gasteiger partial charge in [-0.05, 0) is 23.8 Å². The van der Waals surface area contributed by atoms with Crippen molar-refractivity contribution in [2.75, 3.05) is 7.05 Å². The highest BCUT2D eigenvalue weighted by Crippen LogP contribution is 2.15. The minimum atomic E-state index is -0.602. The number of carbonyl (C=O) groups excluding carboxylic acids is 2. The minimum absolute atomic E-state index is 0.0406. The van der Waals surface area contributed by atoms with Crippen LogP contribution in [0.4, 0.5) is 5.69 Å². The fourth-order valence-corrected chi connectivity index (χ4v) is 1.78. The zero-order chi connectivity index (χ0) is 16.8. The van der Waals surface area contributed by atoms with Crippen LogP contribution in [0, 0.1) is 10.1 Å². The molecule has 118 valence electrons. The van der Waals surface area contributed by atoms with Crippen LogP contribution in [0.5, 0.6) is 0 Å². The Kier molecular flexibility index (Phi) is 4.88. The Morgan fingerprint density at radius 2 is 2.04 bits per heavy atom. The second-order valence-corrected chi connectivity index (χ2v) is 4.42. The third-order valence-corrected chi connectivity index (χ3v) is 2.86. The molecule has 0 aliphatic rings. The highest BCUT2D eigenvalue weighted by Gasteiger charge is 2.15. The number of nitrogens with one attached hydrogen (secondary N) is 2. The van der Waals surface area contributed by atoms with Crippen molar-refractivity contribution in [3.8, 4) is 0 Å². The lowest BCUT2D eigenvalue weighted by atomic mass is 10.1. The number of nitrogens with zero attached hydrogens (tertiary/aromatic N) is 1. The zero-order valence-corrected chi connectivity index (χ0v) is 12.1. The molecule has 8 heteroatoms. The summed E-state index contributed by atoms with van der Waals surface area (Å²) in [7, 11) is 1.41. The number of benzene rings is 1. The molecule has 0 spiro atoms.